The summed E-state index contributed by atoms with van der Waals surface area (Å²) in [5, 5.41) is 11.0. The van der Waals surface area contributed by atoms with Gasteiger partial charge in [0.15, 0.2) is 0 Å². The number of hydrogen-bond acceptors (Lipinski definition) is 7. The van der Waals surface area contributed by atoms with Crippen LogP contribution in [0, 0.1) is 0 Å². The van der Waals surface area contributed by atoms with E-state index < -0.39 is 23.5 Å². The average Bonchev–Trinajstić information content (AvgIpc) is 3.08. The Morgan fingerprint density at radius 1 is 1.08 bits per heavy atom. The van der Waals surface area contributed by atoms with Gasteiger partial charge in [0.05, 0.1) is 12.7 Å². The largest absolute Gasteiger partial charge is 0.465 e. The Hall–Kier alpha value is -2.12. The number of likely N-dealkylation sites (tertiary alicyclic amines) is 1. The van der Waals surface area contributed by atoms with Crippen LogP contribution in [0.3, 0.4) is 0 Å². The smallest absolute Gasteiger partial charge is 0.398 e. The van der Waals surface area contributed by atoms with Gasteiger partial charge >= 0.3 is 17.8 Å². The van der Waals surface area contributed by atoms with Crippen LogP contribution in [0.25, 0.3) is 0 Å². The zero-order valence-electron chi connectivity index (χ0n) is 15.1. The maximum absolute atomic E-state index is 12.6. The van der Waals surface area contributed by atoms with Gasteiger partial charge in [-0.15, -0.1) is 0 Å². The van der Waals surface area contributed by atoms with Gasteiger partial charge in [0.1, 0.15) is 11.4 Å². The van der Waals surface area contributed by atoms with Gasteiger partial charge in [-0.3, -0.25) is 0 Å². The van der Waals surface area contributed by atoms with E-state index in [1.165, 1.54) is 31.4 Å². The van der Waals surface area contributed by atoms with E-state index in [1.54, 1.807) is 25.7 Å². The molecule has 0 aromatic heterocycles. The van der Waals surface area contributed by atoms with Gasteiger partial charge in [-0.25, -0.2) is 14.5 Å². The van der Waals surface area contributed by atoms with E-state index in [1.807, 2.05) is 0 Å². The molecule has 1 aliphatic rings. The molecule has 0 spiro atoms. The van der Waals surface area contributed by atoms with E-state index in [4.69, 9.17) is 9.47 Å². The highest BCUT2D eigenvalue weighted by atomic mass is 16.7. The maximum Gasteiger partial charge on any atom is 0.398 e. The number of benzene rings is 1. The summed E-state index contributed by atoms with van der Waals surface area (Å²) in [6, 6.07) is 6.00. The molecule has 1 aliphatic heterocycles. The molecule has 0 saturated carbocycles. The lowest BCUT2D eigenvalue weighted by molar-refractivity contribution is -0.256. The Morgan fingerprint density at radius 2 is 1.64 bits per heavy atom. The lowest BCUT2D eigenvalue weighted by atomic mass is 10.2. The first-order valence-corrected chi connectivity index (χ1v) is 8.24. The van der Waals surface area contributed by atoms with E-state index >= 15 is 0 Å². The van der Waals surface area contributed by atoms with Gasteiger partial charge in [-0.2, -0.15) is 0 Å². The van der Waals surface area contributed by atoms with Gasteiger partial charge in [-0.05, 0) is 57.9 Å². The van der Waals surface area contributed by atoms with Crippen LogP contribution in [0.5, 0.6) is 5.75 Å². The number of nitrogens with zero attached hydrogens (tertiary/aromatic N) is 1. The van der Waals surface area contributed by atoms with E-state index in [0.717, 1.165) is 12.8 Å². The molecule has 7 nitrogen and oxygen atoms in total. The second-order valence-electron chi connectivity index (χ2n) is 6.92. The van der Waals surface area contributed by atoms with Gasteiger partial charge in [-0.1, -0.05) is 0 Å². The number of rotatable bonds is 5. The lowest BCUT2D eigenvalue weighted by Gasteiger charge is -2.36. The van der Waals surface area contributed by atoms with Crippen LogP contribution in [-0.2, 0) is 14.3 Å². The van der Waals surface area contributed by atoms with Crippen LogP contribution in [0.15, 0.2) is 24.3 Å². The van der Waals surface area contributed by atoms with Crippen molar-refractivity contribution >= 4 is 11.9 Å². The fourth-order valence-corrected chi connectivity index (χ4v) is 2.54. The number of carbonyl (C=O) groups excluding carboxylic acids is 2. The second kappa shape index (κ2) is 7.41. The molecule has 0 bridgehead atoms. The van der Waals surface area contributed by atoms with Crippen LogP contribution in [0.1, 0.15) is 44.0 Å². The first-order valence-electron chi connectivity index (χ1n) is 8.24. The van der Waals surface area contributed by atoms with Crippen molar-refractivity contribution in [3.05, 3.63) is 29.8 Å². The summed E-state index contributed by atoms with van der Waals surface area (Å²) in [6.45, 7) is 6.22. The van der Waals surface area contributed by atoms with Crippen molar-refractivity contribution in [3.8, 4) is 5.75 Å². The standard InChI is InChI=1S/C18H25NO6/c1-17(2,3)25-16(21)18(22,19-11-5-6-12-19)24-14-9-7-13(8-10-14)15(20)23-4/h7-10,22H,5-6,11-12H2,1-4H3. The second-order valence-corrected chi connectivity index (χ2v) is 6.92. The summed E-state index contributed by atoms with van der Waals surface area (Å²) in [4.78, 5) is 25.6. The van der Waals surface area contributed by atoms with Crippen LogP contribution < -0.4 is 4.74 Å². The normalized spacial score (nSPS) is 17.6. The minimum atomic E-state index is -2.21. The molecule has 1 aromatic carbocycles. The molecule has 1 heterocycles. The van der Waals surface area contributed by atoms with Crippen molar-refractivity contribution < 1.29 is 28.9 Å². The summed E-state index contributed by atoms with van der Waals surface area (Å²) in [7, 11) is 1.29. The van der Waals surface area contributed by atoms with E-state index in [9.17, 15) is 14.7 Å². The zero-order chi connectivity index (χ0) is 18.7. The third-order valence-corrected chi connectivity index (χ3v) is 3.74. The zero-order valence-corrected chi connectivity index (χ0v) is 15.1. The third kappa shape index (κ3) is 4.70. The van der Waals surface area contributed by atoms with Crippen LogP contribution in [0.4, 0.5) is 0 Å². The van der Waals surface area contributed by atoms with E-state index in [0.29, 0.717) is 18.7 Å². The van der Waals surface area contributed by atoms with Crippen molar-refractivity contribution in [2.24, 2.45) is 0 Å². The molecular weight excluding hydrogens is 326 g/mol. The van der Waals surface area contributed by atoms with Crippen molar-refractivity contribution in [3.63, 3.8) is 0 Å². The molecule has 25 heavy (non-hydrogen) atoms. The summed E-state index contributed by atoms with van der Waals surface area (Å²) in [5.41, 5.74) is -0.417. The van der Waals surface area contributed by atoms with E-state index in [-0.39, 0.29) is 5.75 Å². The first-order chi connectivity index (χ1) is 11.7. The number of hydrogen-bond donors (Lipinski definition) is 1. The molecule has 1 saturated heterocycles. The summed E-state index contributed by atoms with van der Waals surface area (Å²) >= 11 is 0. The minimum Gasteiger partial charge on any atom is -0.465 e. The highest BCUT2D eigenvalue weighted by molar-refractivity contribution is 5.89. The quantitative estimate of drug-likeness (QED) is 0.641. The fraction of sp³-hybridized carbons (Fsp3) is 0.556. The fourth-order valence-electron chi connectivity index (χ4n) is 2.54. The topological polar surface area (TPSA) is 85.3 Å². The van der Waals surface area contributed by atoms with Gasteiger partial charge in [0, 0.05) is 13.1 Å². The Morgan fingerprint density at radius 3 is 2.12 bits per heavy atom. The molecule has 2 rings (SSSR count). The number of methoxy groups -OCH3 is 1. The summed E-state index contributed by atoms with van der Waals surface area (Å²) < 4.78 is 15.6. The van der Waals surface area contributed by atoms with Crippen LogP contribution in [0.2, 0.25) is 0 Å². The number of esters is 2. The van der Waals surface area contributed by atoms with Crippen molar-refractivity contribution in [2.75, 3.05) is 20.2 Å². The maximum atomic E-state index is 12.6. The molecule has 7 heteroatoms. The third-order valence-electron chi connectivity index (χ3n) is 3.74. The Kier molecular flexibility index (Phi) is 5.69. The SMILES string of the molecule is COC(=O)c1ccc(OC(O)(C(=O)OC(C)(C)C)N2CCCC2)cc1. The number of ether oxygens (including phenoxy) is 3. The van der Waals surface area contributed by atoms with E-state index in [2.05, 4.69) is 4.74 Å². The first kappa shape index (κ1) is 19.2. The summed E-state index contributed by atoms with van der Waals surface area (Å²) in [5.74, 6) is -3.31. The predicted octanol–water partition coefficient (Wildman–Crippen LogP) is 1.94. The number of carbonyl (C=O) groups is 2. The van der Waals surface area contributed by atoms with Crippen molar-refractivity contribution in [2.45, 2.75) is 45.1 Å². The predicted molar refractivity (Wildman–Crippen MR) is 90.0 cm³/mol. The molecule has 138 valence electrons. The Bertz CT molecular complexity index is 615. The Labute approximate surface area is 147 Å². The monoisotopic (exact) mass is 351 g/mol. The van der Waals surface area contributed by atoms with Gasteiger partial charge in [0.25, 0.3) is 0 Å². The molecule has 1 unspecified atom stereocenters. The Balaban J connectivity index is 2.23. The molecule has 0 radical (unpaired) electrons. The molecule has 0 amide bonds. The highest BCUT2D eigenvalue weighted by Crippen LogP contribution is 2.27. The van der Waals surface area contributed by atoms with Gasteiger partial charge < -0.3 is 19.3 Å². The summed E-state index contributed by atoms with van der Waals surface area (Å²) in [6.07, 6.45) is 1.71. The van der Waals surface area contributed by atoms with Crippen LogP contribution >= 0.6 is 0 Å². The molecular formula is C18H25NO6. The molecule has 1 fully saturated rings. The molecule has 0 aliphatic carbocycles. The highest BCUT2D eigenvalue weighted by Gasteiger charge is 2.49. The molecule has 1 aromatic rings. The minimum absolute atomic E-state index is 0.243. The van der Waals surface area contributed by atoms with Crippen molar-refractivity contribution in [1.29, 1.82) is 0 Å². The molecule has 1 atom stereocenters. The van der Waals surface area contributed by atoms with Crippen LogP contribution in [-0.4, -0.2) is 53.7 Å². The average molecular weight is 351 g/mol. The number of aliphatic hydroxyl groups is 1. The van der Waals surface area contributed by atoms with Gasteiger partial charge in [0.2, 0.25) is 0 Å². The van der Waals surface area contributed by atoms with Crippen molar-refractivity contribution in [1.82, 2.24) is 4.90 Å². The molecule has 1 N–H and O–H groups in total. The lowest BCUT2D eigenvalue weighted by Crippen LogP contribution is -2.59.